The van der Waals surface area contributed by atoms with E-state index in [9.17, 15) is 8.42 Å². The summed E-state index contributed by atoms with van der Waals surface area (Å²) in [5.74, 6) is 1.65. The van der Waals surface area contributed by atoms with Gasteiger partial charge in [-0.05, 0) is 49.9 Å². The number of benzene rings is 1. The summed E-state index contributed by atoms with van der Waals surface area (Å²) in [7, 11) is -2.94. The minimum absolute atomic E-state index is 0.167. The fraction of sp³-hybridized carbons (Fsp3) is 0.647. The second-order valence-electron chi connectivity index (χ2n) is 7.18. The van der Waals surface area contributed by atoms with Crippen molar-refractivity contribution in [1.82, 2.24) is 4.90 Å². The molecule has 2 heterocycles. The molecule has 1 unspecified atom stereocenters. The smallest absolute Gasteiger partial charge is 0.231 e. The fourth-order valence-electron chi connectivity index (χ4n) is 3.85. The number of rotatable bonds is 4. The fourth-order valence-corrected chi connectivity index (χ4v) is 4.93. The average Bonchev–Trinajstić information content (AvgIpc) is 3.14. The van der Waals surface area contributed by atoms with Crippen molar-refractivity contribution in [3.8, 4) is 11.5 Å². The van der Waals surface area contributed by atoms with Crippen molar-refractivity contribution in [1.29, 1.82) is 0 Å². The first-order valence-corrected chi connectivity index (χ1v) is 10.2. The molecule has 1 atom stereocenters. The van der Waals surface area contributed by atoms with Gasteiger partial charge in [-0.1, -0.05) is 6.07 Å². The second kappa shape index (κ2) is 5.38. The summed E-state index contributed by atoms with van der Waals surface area (Å²) in [5.41, 5.74) is 1.46. The number of piperidine rings is 1. The number of hydrogen-bond acceptors (Lipinski definition) is 5. The number of hydrogen-bond donors (Lipinski definition) is 0. The van der Waals surface area contributed by atoms with Crippen LogP contribution in [0.25, 0.3) is 0 Å². The highest BCUT2D eigenvalue weighted by molar-refractivity contribution is 7.91. The van der Waals surface area contributed by atoms with E-state index in [4.69, 9.17) is 9.47 Å². The van der Waals surface area contributed by atoms with Gasteiger partial charge >= 0.3 is 0 Å². The summed E-state index contributed by atoms with van der Waals surface area (Å²) in [5, 5.41) is -0.205. The van der Waals surface area contributed by atoms with Crippen LogP contribution in [0.1, 0.15) is 31.2 Å². The molecule has 126 valence electrons. The van der Waals surface area contributed by atoms with E-state index in [-0.39, 0.29) is 10.7 Å². The van der Waals surface area contributed by atoms with E-state index in [2.05, 4.69) is 17.0 Å². The summed E-state index contributed by atoms with van der Waals surface area (Å²) < 4.78 is 34.6. The third-order valence-corrected chi connectivity index (χ3v) is 7.03. The molecule has 1 saturated heterocycles. The number of fused-ring (bicyclic) bond motifs is 1. The van der Waals surface area contributed by atoms with E-state index in [1.54, 1.807) is 0 Å². The zero-order valence-corrected chi connectivity index (χ0v) is 14.3. The van der Waals surface area contributed by atoms with E-state index in [0.29, 0.717) is 13.3 Å². The maximum Gasteiger partial charge on any atom is 0.231 e. The van der Waals surface area contributed by atoms with Gasteiger partial charge in [0.1, 0.15) is 0 Å². The highest BCUT2D eigenvalue weighted by Crippen LogP contribution is 2.51. The van der Waals surface area contributed by atoms with E-state index in [1.165, 1.54) is 11.8 Å². The molecule has 2 aliphatic heterocycles. The minimum Gasteiger partial charge on any atom is -0.454 e. The van der Waals surface area contributed by atoms with Gasteiger partial charge in [0.05, 0.1) is 5.25 Å². The molecule has 5 nitrogen and oxygen atoms in total. The summed E-state index contributed by atoms with van der Waals surface area (Å²) in [6.07, 6.45) is 5.45. The summed E-state index contributed by atoms with van der Waals surface area (Å²) in [6.45, 7) is 2.91. The molecule has 0 radical (unpaired) electrons. The molecule has 0 N–H and O–H groups in total. The van der Waals surface area contributed by atoms with Crippen LogP contribution in [0.5, 0.6) is 11.5 Å². The SMILES string of the molecule is CS(=O)(=O)C1CCCN(CC2(c3ccc4c(c3)OCO4)CC2)C1. The van der Waals surface area contributed by atoms with Crippen molar-refractivity contribution in [3.05, 3.63) is 23.8 Å². The lowest BCUT2D eigenvalue weighted by Gasteiger charge is -2.34. The van der Waals surface area contributed by atoms with Crippen molar-refractivity contribution in [2.24, 2.45) is 0 Å². The molecule has 0 bridgehead atoms. The van der Waals surface area contributed by atoms with Crippen molar-refractivity contribution < 1.29 is 17.9 Å². The van der Waals surface area contributed by atoms with Gasteiger partial charge in [0.15, 0.2) is 21.3 Å². The van der Waals surface area contributed by atoms with Crippen molar-refractivity contribution in [2.75, 3.05) is 32.7 Å². The van der Waals surface area contributed by atoms with Crippen molar-refractivity contribution >= 4 is 9.84 Å². The molecule has 0 spiro atoms. The van der Waals surface area contributed by atoms with E-state index in [0.717, 1.165) is 50.3 Å². The molecule has 6 heteroatoms. The first-order valence-electron chi connectivity index (χ1n) is 8.28. The van der Waals surface area contributed by atoms with E-state index in [1.807, 2.05) is 6.07 Å². The Hall–Kier alpha value is -1.27. The average molecular weight is 337 g/mol. The maximum absolute atomic E-state index is 11.9. The van der Waals surface area contributed by atoms with Crippen LogP contribution in [-0.2, 0) is 15.3 Å². The first kappa shape index (κ1) is 15.3. The molecule has 1 aromatic rings. The van der Waals surface area contributed by atoms with Gasteiger partial charge in [-0.3, -0.25) is 0 Å². The molecule has 4 rings (SSSR count). The van der Waals surface area contributed by atoms with Crippen LogP contribution in [0.4, 0.5) is 0 Å². The molecule has 2 fully saturated rings. The van der Waals surface area contributed by atoms with Gasteiger partial charge in [-0.2, -0.15) is 0 Å². The highest BCUT2D eigenvalue weighted by Gasteiger charge is 2.46. The zero-order valence-electron chi connectivity index (χ0n) is 13.5. The number of likely N-dealkylation sites (tertiary alicyclic amines) is 1. The zero-order chi connectivity index (χ0) is 16.1. The molecule has 0 amide bonds. The van der Waals surface area contributed by atoms with Crippen LogP contribution in [-0.4, -0.2) is 51.3 Å². The van der Waals surface area contributed by atoms with Crippen LogP contribution in [0.2, 0.25) is 0 Å². The standard InChI is InChI=1S/C17H23NO4S/c1-23(19,20)14-3-2-8-18(10-14)11-17(6-7-17)13-4-5-15-16(9-13)22-12-21-15/h4-5,9,14H,2-3,6-8,10-12H2,1H3. The van der Waals surface area contributed by atoms with Crippen molar-refractivity contribution in [2.45, 2.75) is 36.3 Å². The molecular weight excluding hydrogens is 314 g/mol. The molecule has 0 aromatic heterocycles. The minimum atomic E-state index is -2.94. The van der Waals surface area contributed by atoms with Gasteiger partial charge in [0.2, 0.25) is 6.79 Å². The molecule has 3 aliphatic rings. The monoisotopic (exact) mass is 337 g/mol. The Balaban J connectivity index is 1.50. The molecule has 1 aromatic carbocycles. The molecular formula is C17H23NO4S. The third kappa shape index (κ3) is 2.94. The van der Waals surface area contributed by atoms with E-state index < -0.39 is 9.84 Å². The second-order valence-corrected chi connectivity index (χ2v) is 9.50. The van der Waals surface area contributed by atoms with Crippen LogP contribution in [0, 0.1) is 0 Å². The molecule has 1 saturated carbocycles. The van der Waals surface area contributed by atoms with Gasteiger partial charge < -0.3 is 14.4 Å². The first-order chi connectivity index (χ1) is 11.0. The van der Waals surface area contributed by atoms with Gasteiger partial charge in [-0.25, -0.2) is 8.42 Å². The third-order valence-electron chi connectivity index (χ3n) is 5.43. The Bertz CT molecular complexity index is 711. The van der Waals surface area contributed by atoms with Crippen molar-refractivity contribution in [3.63, 3.8) is 0 Å². The Labute approximate surface area is 137 Å². The Morgan fingerprint density at radius 3 is 2.78 bits per heavy atom. The summed E-state index contributed by atoms with van der Waals surface area (Å²) >= 11 is 0. The lowest BCUT2D eigenvalue weighted by atomic mass is 9.94. The Morgan fingerprint density at radius 2 is 2.04 bits per heavy atom. The lowest BCUT2D eigenvalue weighted by Crippen LogP contribution is -2.45. The summed E-state index contributed by atoms with van der Waals surface area (Å²) in [4.78, 5) is 2.34. The normalized spacial score (nSPS) is 26.2. The summed E-state index contributed by atoms with van der Waals surface area (Å²) in [6, 6.07) is 6.24. The number of nitrogens with zero attached hydrogens (tertiary/aromatic N) is 1. The predicted octanol–water partition coefficient (Wildman–Crippen LogP) is 1.96. The van der Waals surface area contributed by atoms with Gasteiger partial charge in [0, 0.05) is 24.8 Å². The van der Waals surface area contributed by atoms with Gasteiger partial charge in [0.25, 0.3) is 0 Å². The maximum atomic E-state index is 11.9. The quantitative estimate of drug-likeness (QED) is 0.841. The topological polar surface area (TPSA) is 55.8 Å². The molecule has 23 heavy (non-hydrogen) atoms. The van der Waals surface area contributed by atoms with Crippen LogP contribution >= 0.6 is 0 Å². The van der Waals surface area contributed by atoms with E-state index >= 15 is 0 Å². The van der Waals surface area contributed by atoms with Crippen LogP contribution < -0.4 is 9.47 Å². The number of sulfone groups is 1. The number of ether oxygens (including phenoxy) is 2. The van der Waals surface area contributed by atoms with Crippen LogP contribution in [0.15, 0.2) is 18.2 Å². The predicted molar refractivity (Wildman–Crippen MR) is 87.8 cm³/mol. The molecule has 1 aliphatic carbocycles. The van der Waals surface area contributed by atoms with Gasteiger partial charge in [-0.15, -0.1) is 0 Å². The van der Waals surface area contributed by atoms with Crippen LogP contribution in [0.3, 0.4) is 0 Å². The highest BCUT2D eigenvalue weighted by atomic mass is 32.2. The lowest BCUT2D eigenvalue weighted by molar-refractivity contribution is 0.174. The Morgan fingerprint density at radius 1 is 1.26 bits per heavy atom. The Kier molecular flexibility index (Phi) is 3.57. The largest absolute Gasteiger partial charge is 0.454 e.